The van der Waals surface area contributed by atoms with Gasteiger partial charge >= 0.3 is 0 Å². The molecule has 1 aliphatic heterocycles. The third-order valence-corrected chi connectivity index (χ3v) is 5.69. The lowest BCUT2D eigenvalue weighted by Gasteiger charge is -2.30. The van der Waals surface area contributed by atoms with E-state index >= 15 is 0 Å². The van der Waals surface area contributed by atoms with Crippen LogP contribution in [0.2, 0.25) is 0 Å². The second-order valence-corrected chi connectivity index (χ2v) is 8.05. The number of anilines is 2. The molecule has 0 saturated heterocycles. The highest BCUT2D eigenvalue weighted by molar-refractivity contribution is 5.85. The Kier molecular flexibility index (Phi) is 4.83. The largest absolute Gasteiger partial charge is 0.364 e. The van der Waals surface area contributed by atoms with Crippen LogP contribution in [-0.4, -0.2) is 26.1 Å². The number of nitrogens with one attached hydrogen (secondary N) is 1. The Balaban J connectivity index is 1.52. The van der Waals surface area contributed by atoms with Crippen LogP contribution in [0.5, 0.6) is 0 Å². The van der Waals surface area contributed by atoms with Crippen LogP contribution in [0.3, 0.4) is 0 Å². The molecule has 1 N–H and O–H groups in total. The van der Waals surface area contributed by atoms with Crippen LogP contribution in [0, 0.1) is 0 Å². The molecule has 4 aromatic rings. The number of fused-ring (bicyclic) bond motifs is 2. The van der Waals surface area contributed by atoms with E-state index in [9.17, 15) is 0 Å². The molecule has 0 radical (unpaired) electrons. The van der Waals surface area contributed by atoms with Crippen molar-refractivity contribution in [3.05, 3.63) is 77.6 Å². The van der Waals surface area contributed by atoms with Crippen molar-refractivity contribution in [3.8, 4) is 0 Å². The van der Waals surface area contributed by atoms with Crippen LogP contribution >= 0.6 is 0 Å². The Morgan fingerprint density at radius 2 is 1.73 bits per heavy atom. The minimum absolute atomic E-state index is 0.249. The molecular weight excluding hydrogens is 372 g/mol. The van der Waals surface area contributed by atoms with Crippen LogP contribution in [0.25, 0.3) is 11.2 Å². The molecule has 0 saturated carbocycles. The average Bonchev–Trinajstić information content (AvgIpc) is 3.18. The SMILES string of the molecule is CC(C)n1c(N2CCc3ccccc3C2)nc2c(NCc3ccccc3)ncnc21. The lowest BCUT2D eigenvalue weighted by molar-refractivity contribution is 0.586. The first kappa shape index (κ1) is 18.6. The molecule has 0 bridgehead atoms. The quantitative estimate of drug-likeness (QED) is 0.533. The summed E-state index contributed by atoms with van der Waals surface area (Å²) in [5.74, 6) is 1.75. The van der Waals surface area contributed by atoms with E-state index in [1.54, 1.807) is 6.33 Å². The van der Waals surface area contributed by atoms with Crippen LogP contribution in [0.15, 0.2) is 60.9 Å². The van der Waals surface area contributed by atoms with Crippen molar-refractivity contribution in [3.63, 3.8) is 0 Å². The summed E-state index contributed by atoms with van der Waals surface area (Å²) in [6, 6.07) is 19.3. The molecule has 30 heavy (non-hydrogen) atoms. The molecule has 2 aromatic heterocycles. The predicted octanol–water partition coefficient (Wildman–Crippen LogP) is 4.58. The number of hydrogen-bond donors (Lipinski definition) is 1. The maximum atomic E-state index is 5.04. The van der Waals surface area contributed by atoms with Gasteiger partial charge in [0.2, 0.25) is 5.95 Å². The van der Waals surface area contributed by atoms with E-state index in [0.29, 0.717) is 6.54 Å². The van der Waals surface area contributed by atoms with Crippen LogP contribution < -0.4 is 10.2 Å². The molecule has 0 spiro atoms. The molecule has 0 fully saturated rings. The van der Waals surface area contributed by atoms with E-state index in [-0.39, 0.29) is 6.04 Å². The first-order valence-electron chi connectivity index (χ1n) is 10.5. The van der Waals surface area contributed by atoms with Gasteiger partial charge in [0.1, 0.15) is 6.33 Å². The number of benzene rings is 2. The Morgan fingerprint density at radius 3 is 2.53 bits per heavy atom. The number of nitrogens with zero attached hydrogens (tertiary/aromatic N) is 5. The summed E-state index contributed by atoms with van der Waals surface area (Å²) in [6.07, 6.45) is 2.66. The summed E-state index contributed by atoms with van der Waals surface area (Å²) in [5.41, 5.74) is 5.73. The fourth-order valence-corrected chi connectivity index (χ4v) is 4.17. The van der Waals surface area contributed by atoms with Crippen molar-refractivity contribution in [2.24, 2.45) is 0 Å². The van der Waals surface area contributed by atoms with Crippen molar-refractivity contribution in [2.45, 2.75) is 39.4 Å². The van der Waals surface area contributed by atoms with E-state index in [0.717, 1.165) is 42.4 Å². The van der Waals surface area contributed by atoms with Gasteiger partial charge in [0, 0.05) is 25.7 Å². The zero-order chi connectivity index (χ0) is 20.5. The van der Waals surface area contributed by atoms with Crippen LogP contribution in [-0.2, 0) is 19.5 Å². The number of hydrogen-bond acceptors (Lipinski definition) is 5. The van der Waals surface area contributed by atoms with E-state index < -0.39 is 0 Å². The summed E-state index contributed by atoms with van der Waals surface area (Å²) >= 11 is 0. The van der Waals surface area contributed by atoms with Gasteiger partial charge in [0.05, 0.1) is 0 Å². The van der Waals surface area contributed by atoms with Crippen LogP contribution in [0.4, 0.5) is 11.8 Å². The lowest BCUT2D eigenvalue weighted by Crippen LogP contribution is -2.32. The van der Waals surface area contributed by atoms with Gasteiger partial charge in [-0.05, 0) is 37.0 Å². The second-order valence-electron chi connectivity index (χ2n) is 8.05. The summed E-state index contributed by atoms with van der Waals surface area (Å²) < 4.78 is 2.23. The molecule has 6 nitrogen and oxygen atoms in total. The van der Waals surface area contributed by atoms with Gasteiger partial charge in [0.25, 0.3) is 0 Å². The number of rotatable bonds is 5. The van der Waals surface area contributed by atoms with Crippen molar-refractivity contribution in [1.29, 1.82) is 0 Å². The number of aromatic nitrogens is 4. The van der Waals surface area contributed by atoms with Gasteiger partial charge in [-0.25, -0.2) is 15.0 Å². The van der Waals surface area contributed by atoms with Gasteiger partial charge in [0.15, 0.2) is 17.0 Å². The van der Waals surface area contributed by atoms with E-state index in [2.05, 4.69) is 75.0 Å². The molecule has 2 aromatic carbocycles. The van der Waals surface area contributed by atoms with Gasteiger partial charge in [-0.3, -0.25) is 4.57 Å². The van der Waals surface area contributed by atoms with Gasteiger partial charge in [-0.15, -0.1) is 0 Å². The van der Waals surface area contributed by atoms with Gasteiger partial charge in [-0.1, -0.05) is 54.6 Å². The third-order valence-electron chi connectivity index (χ3n) is 5.69. The fourth-order valence-electron chi connectivity index (χ4n) is 4.17. The lowest BCUT2D eigenvalue weighted by atomic mass is 10.0. The average molecular weight is 399 g/mol. The Hall–Kier alpha value is -3.41. The minimum Gasteiger partial charge on any atom is -0.364 e. The van der Waals surface area contributed by atoms with Gasteiger partial charge < -0.3 is 10.2 Å². The monoisotopic (exact) mass is 398 g/mol. The normalized spacial score (nSPS) is 13.6. The molecule has 1 aliphatic rings. The highest BCUT2D eigenvalue weighted by Gasteiger charge is 2.25. The molecule has 3 heterocycles. The first-order valence-corrected chi connectivity index (χ1v) is 10.5. The highest BCUT2D eigenvalue weighted by Crippen LogP contribution is 2.31. The predicted molar refractivity (Wildman–Crippen MR) is 121 cm³/mol. The third kappa shape index (κ3) is 3.38. The molecule has 5 rings (SSSR count). The topological polar surface area (TPSA) is 58.9 Å². The van der Waals surface area contributed by atoms with Crippen molar-refractivity contribution >= 4 is 22.9 Å². The Bertz CT molecular complexity index is 1170. The molecule has 0 aliphatic carbocycles. The summed E-state index contributed by atoms with van der Waals surface area (Å²) in [4.78, 5) is 16.5. The smallest absolute Gasteiger partial charge is 0.208 e. The second kappa shape index (κ2) is 7.78. The molecule has 6 heteroatoms. The van der Waals surface area contributed by atoms with Crippen molar-refractivity contribution in [1.82, 2.24) is 19.5 Å². The van der Waals surface area contributed by atoms with E-state index in [4.69, 9.17) is 4.98 Å². The van der Waals surface area contributed by atoms with Crippen molar-refractivity contribution < 1.29 is 0 Å². The van der Waals surface area contributed by atoms with Crippen LogP contribution in [0.1, 0.15) is 36.6 Å². The standard InChI is InChI=1S/C24H26N6/c1-17(2)30-23-21(22(26-16-27-23)25-14-18-8-4-3-5-9-18)28-24(30)29-13-12-19-10-6-7-11-20(19)15-29/h3-11,16-17H,12-15H2,1-2H3,(H,25,26,27). The molecule has 152 valence electrons. The summed E-state index contributed by atoms with van der Waals surface area (Å²) in [6.45, 7) is 6.89. The fraction of sp³-hybridized carbons (Fsp3) is 0.292. The molecule has 0 unspecified atom stereocenters. The summed E-state index contributed by atoms with van der Waals surface area (Å²) in [7, 11) is 0. The van der Waals surface area contributed by atoms with E-state index in [1.807, 2.05) is 18.2 Å². The molecular formula is C24H26N6. The summed E-state index contributed by atoms with van der Waals surface area (Å²) in [5, 5.41) is 3.46. The van der Waals surface area contributed by atoms with E-state index in [1.165, 1.54) is 16.7 Å². The Labute approximate surface area is 176 Å². The number of imidazole rings is 1. The zero-order valence-electron chi connectivity index (χ0n) is 17.4. The maximum absolute atomic E-state index is 5.04. The van der Waals surface area contributed by atoms with Gasteiger partial charge in [-0.2, -0.15) is 0 Å². The highest BCUT2D eigenvalue weighted by atomic mass is 15.3. The Morgan fingerprint density at radius 1 is 0.967 bits per heavy atom. The zero-order valence-corrected chi connectivity index (χ0v) is 17.4. The van der Waals surface area contributed by atoms with Crippen molar-refractivity contribution in [2.75, 3.05) is 16.8 Å². The first-order chi connectivity index (χ1) is 14.7. The minimum atomic E-state index is 0.249. The maximum Gasteiger partial charge on any atom is 0.208 e. The molecule has 0 amide bonds. The molecule has 0 atom stereocenters.